The number of hydrazine groups is 1. The average Bonchev–Trinajstić information content (AvgIpc) is 2.28. The van der Waals surface area contributed by atoms with E-state index in [0.717, 1.165) is 30.2 Å². The molecule has 1 aromatic rings. The molecule has 88 valence electrons. The molecule has 0 aromatic heterocycles. The van der Waals surface area contributed by atoms with Gasteiger partial charge in [-0.2, -0.15) is 0 Å². The van der Waals surface area contributed by atoms with E-state index < -0.39 is 0 Å². The average molecular weight is 283 g/mol. The van der Waals surface area contributed by atoms with E-state index in [0.29, 0.717) is 6.04 Å². The Kier molecular flexibility index (Phi) is 6.38. The van der Waals surface area contributed by atoms with Crippen molar-refractivity contribution in [2.45, 2.75) is 31.7 Å². The third kappa shape index (κ3) is 4.92. The third-order valence-corrected chi connectivity index (χ3v) is 3.06. The Morgan fingerprint density at radius 3 is 2.94 bits per heavy atom. The van der Waals surface area contributed by atoms with E-state index in [1.54, 1.807) is 0 Å². The monoisotopic (exact) mass is 282 g/mol. The molecule has 0 spiro atoms. The zero-order chi connectivity index (χ0) is 11.8. The van der Waals surface area contributed by atoms with Crippen LogP contribution in [0.3, 0.4) is 0 Å². The Hall–Kier alpha value is -0.640. The van der Waals surface area contributed by atoms with Crippen molar-refractivity contribution >= 4 is 15.9 Å². The molecule has 0 aliphatic carbocycles. The van der Waals surface area contributed by atoms with E-state index in [4.69, 9.17) is 5.84 Å². The smallest absolute Gasteiger partial charge is 0.0251 e. The fourth-order valence-electron chi connectivity index (χ4n) is 1.70. The van der Waals surface area contributed by atoms with Gasteiger partial charge in [-0.25, -0.2) is 0 Å². The largest absolute Gasteiger partial charge is 0.271 e. The number of allylic oxidation sites excluding steroid dienone is 1. The first kappa shape index (κ1) is 13.4. The zero-order valence-corrected chi connectivity index (χ0v) is 11.0. The number of unbranched alkanes of at least 4 members (excludes halogenated alkanes) is 1. The van der Waals surface area contributed by atoms with Gasteiger partial charge in [-0.1, -0.05) is 34.1 Å². The Labute approximate surface area is 106 Å². The van der Waals surface area contributed by atoms with Gasteiger partial charge in [-0.15, -0.1) is 6.58 Å². The lowest BCUT2D eigenvalue weighted by molar-refractivity contribution is 0.478. The molecule has 0 aliphatic rings. The number of hydrogen-bond donors (Lipinski definition) is 2. The van der Waals surface area contributed by atoms with Gasteiger partial charge in [0.05, 0.1) is 0 Å². The van der Waals surface area contributed by atoms with Gasteiger partial charge in [-0.05, 0) is 43.4 Å². The molecule has 1 rings (SSSR count). The number of rotatable bonds is 7. The van der Waals surface area contributed by atoms with Crippen molar-refractivity contribution in [1.29, 1.82) is 0 Å². The first-order chi connectivity index (χ1) is 7.76. The molecule has 0 saturated heterocycles. The lowest BCUT2D eigenvalue weighted by Crippen LogP contribution is -2.36. The van der Waals surface area contributed by atoms with Crippen LogP contribution in [-0.2, 0) is 6.42 Å². The molecule has 0 fully saturated rings. The van der Waals surface area contributed by atoms with E-state index in [1.165, 1.54) is 5.56 Å². The SMILES string of the molecule is C=CCCCC(Cc1cccc(Br)c1)NN. The minimum absolute atomic E-state index is 0.342. The highest BCUT2D eigenvalue weighted by Crippen LogP contribution is 2.14. The lowest BCUT2D eigenvalue weighted by atomic mass is 10.0. The van der Waals surface area contributed by atoms with Crippen LogP contribution in [0.25, 0.3) is 0 Å². The minimum Gasteiger partial charge on any atom is -0.271 e. The molecule has 0 bridgehead atoms. The fraction of sp³-hybridized carbons (Fsp3) is 0.385. The van der Waals surface area contributed by atoms with E-state index in [2.05, 4.69) is 46.1 Å². The standard InChI is InChI=1S/C13H19BrN2/c1-2-3-4-8-13(16-15)10-11-6-5-7-12(14)9-11/h2,5-7,9,13,16H,1,3-4,8,10,15H2. The summed E-state index contributed by atoms with van der Waals surface area (Å²) >= 11 is 3.47. The van der Waals surface area contributed by atoms with E-state index in [1.807, 2.05) is 12.1 Å². The molecule has 3 heteroatoms. The van der Waals surface area contributed by atoms with Gasteiger partial charge in [0.25, 0.3) is 0 Å². The molecule has 0 amide bonds. The number of nitrogens with two attached hydrogens (primary N) is 1. The van der Waals surface area contributed by atoms with Crippen molar-refractivity contribution in [2.24, 2.45) is 5.84 Å². The Balaban J connectivity index is 2.46. The second kappa shape index (κ2) is 7.60. The second-order valence-electron chi connectivity index (χ2n) is 3.92. The normalized spacial score (nSPS) is 12.4. The van der Waals surface area contributed by atoms with Crippen LogP contribution >= 0.6 is 15.9 Å². The molecule has 2 nitrogen and oxygen atoms in total. The van der Waals surface area contributed by atoms with Crippen LogP contribution in [0, 0.1) is 0 Å². The summed E-state index contributed by atoms with van der Waals surface area (Å²) in [6.07, 6.45) is 6.18. The maximum atomic E-state index is 5.55. The topological polar surface area (TPSA) is 38.0 Å². The maximum absolute atomic E-state index is 5.55. The van der Waals surface area contributed by atoms with Crippen LogP contribution in [0.1, 0.15) is 24.8 Å². The van der Waals surface area contributed by atoms with Gasteiger partial charge in [0, 0.05) is 10.5 Å². The van der Waals surface area contributed by atoms with Crippen LogP contribution in [-0.4, -0.2) is 6.04 Å². The first-order valence-electron chi connectivity index (χ1n) is 5.57. The quantitative estimate of drug-likeness (QED) is 0.349. The van der Waals surface area contributed by atoms with Crippen molar-refractivity contribution in [3.63, 3.8) is 0 Å². The number of hydrogen-bond acceptors (Lipinski definition) is 2. The highest BCUT2D eigenvalue weighted by Gasteiger charge is 2.07. The molecule has 16 heavy (non-hydrogen) atoms. The van der Waals surface area contributed by atoms with Crippen molar-refractivity contribution in [2.75, 3.05) is 0 Å². The van der Waals surface area contributed by atoms with Crippen molar-refractivity contribution in [1.82, 2.24) is 5.43 Å². The minimum atomic E-state index is 0.342. The van der Waals surface area contributed by atoms with E-state index in [-0.39, 0.29) is 0 Å². The molecular weight excluding hydrogens is 264 g/mol. The summed E-state index contributed by atoms with van der Waals surface area (Å²) in [4.78, 5) is 0. The Morgan fingerprint density at radius 1 is 1.50 bits per heavy atom. The van der Waals surface area contributed by atoms with Crippen molar-refractivity contribution in [3.8, 4) is 0 Å². The van der Waals surface area contributed by atoms with E-state index >= 15 is 0 Å². The Morgan fingerprint density at radius 2 is 2.31 bits per heavy atom. The molecule has 0 heterocycles. The maximum Gasteiger partial charge on any atom is 0.0251 e. The summed E-state index contributed by atoms with van der Waals surface area (Å²) in [6, 6.07) is 8.69. The van der Waals surface area contributed by atoms with E-state index in [9.17, 15) is 0 Å². The molecular formula is C13H19BrN2. The molecule has 0 radical (unpaired) electrons. The van der Waals surface area contributed by atoms with Crippen LogP contribution in [0.2, 0.25) is 0 Å². The van der Waals surface area contributed by atoms with Gasteiger partial charge in [0.1, 0.15) is 0 Å². The molecule has 0 saturated carbocycles. The second-order valence-corrected chi connectivity index (χ2v) is 4.83. The first-order valence-corrected chi connectivity index (χ1v) is 6.37. The molecule has 0 aliphatic heterocycles. The van der Waals surface area contributed by atoms with Gasteiger partial charge in [0.15, 0.2) is 0 Å². The highest BCUT2D eigenvalue weighted by molar-refractivity contribution is 9.10. The number of halogens is 1. The van der Waals surface area contributed by atoms with Crippen LogP contribution in [0.5, 0.6) is 0 Å². The van der Waals surface area contributed by atoms with Crippen molar-refractivity contribution < 1.29 is 0 Å². The Bertz CT molecular complexity index is 325. The van der Waals surface area contributed by atoms with Gasteiger partial charge in [0.2, 0.25) is 0 Å². The summed E-state index contributed by atoms with van der Waals surface area (Å²) in [7, 11) is 0. The molecule has 1 atom stereocenters. The van der Waals surface area contributed by atoms with Crippen LogP contribution < -0.4 is 11.3 Å². The van der Waals surface area contributed by atoms with Gasteiger partial charge < -0.3 is 0 Å². The number of benzene rings is 1. The summed E-state index contributed by atoms with van der Waals surface area (Å²) in [5, 5.41) is 0. The fourth-order valence-corrected chi connectivity index (χ4v) is 2.15. The summed E-state index contributed by atoms with van der Waals surface area (Å²) < 4.78 is 1.12. The molecule has 1 unspecified atom stereocenters. The predicted octanol–water partition coefficient (Wildman–Crippen LogP) is 3.18. The van der Waals surface area contributed by atoms with Crippen molar-refractivity contribution in [3.05, 3.63) is 47.0 Å². The van der Waals surface area contributed by atoms with Gasteiger partial charge >= 0.3 is 0 Å². The summed E-state index contributed by atoms with van der Waals surface area (Å²) in [6.45, 7) is 3.72. The summed E-state index contributed by atoms with van der Waals surface area (Å²) in [5.74, 6) is 5.55. The van der Waals surface area contributed by atoms with Crippen LogP contribution in [0.15, 0.2) is 41.4 Å². The highest BCUT2D eigenvalue weighted by atomic mass is 79.9. The lowest BCUT2D eigenvalue weighted by Gasteiger charge is -2.15. The molecule has 1 aromatic carbocycles. The third-order valence-electron chi connectivity index (χ3n) is 2.57. The van der Waals surface area contributed by atoms with Crippen LogP contribution in [0.4, 0.5) is 0 Å². The molecule has 3 N–H and O–H groups in total. The van der Waals surface area contributed by atoms with Gasteiger partial charge in [-0.3, -0.25) is 11.3 Å². The number of nitrogens with one attached hydrogen (secondary N) is 1. The predicted molar refractivity (Wildman–Crippen MR) is 73.0 cm³/mol. The summed E-state index contributed by atoms with van der Waals surface area (Å²) in [5.41, 5.74) is 4.18. The zero-order valence-electron chi connectivity index (χ0n) is 9.45.